The maximum atomic E-state index is 10.9. The van der Waals surface area contributed by atoms with Crippen LogP contribution in [0.5, 0.6) is 0 Å². The Balaban J connectivity index is 2.64. The Labute approximate surface area is 81.5 Å². The zero-order valence-electron chi connectivity index (χ0n) is 7.49. The van der Waals surface area contributed by atoms with Gasteiger partial charge in [-0.2, -0.15) is 0 Å². The number of Topliss-reactive ketones (excluding diaryl/α,β-unsaturated/α-hetero) is 1. The molecule has 13 heavy (non-hydrogen) atoms. The van der Waals surface area contributed by atoms with Gasteiger partial charge in [0.2, 0.25) is 0 Å². The lowest BCUT2D eigenvalue weighted by molar-refractivity contribution is 0.102. The summed E-state index contributed by atoms with van der Waals surface area (Å²) >= 11 is 1.45. The van der Waals surface area contributed by atoms with E-state index in [1.807, 2.05) is 23.6 Å². The molecule has 0 saturated carbocycles. The number of aliphatic hydroxyl groups excluding tert-OH is 1. The van der Waals surface area contributed by atoms with Crippen molar-refractivity contribution in [2.45, 2.75) is 13.3 Å². The van der Waals surface area contributed by atoms with Crippen molar-refractivity contribution in [1.82, 2.24) is 0 Å². The van der Waals surface area contributed by atoms with Crippen LogP contribution in [-0.2, 0) is 0 Å². The van der Waals surface area contributed by atoms with Crippen molar-refractivity contribution in [2.75, 3.05) is 6.61 Å². The molecule has 0 unspecified atom stereocenters. The monoisotopic (exact) mass is 196 g/mol. The first-order valence-electron chi connectivity index (χ1n) is 4.11. The molecule has 1 N–H and O–H groups in total. The van der Waals surface area contributed by atoms with Gasteiger partial charge in [0.05, 0.1) is 4.88 Å². The summed E-state index contributed by atoms with van der Waals surface area (Å²) in [6.07, 6.45) is 4.47. The maximum absolute atomic E-state index is 10.9. The van der Waals surface area contributed by atoms with Crippen molar-refractivity contribution >= 4 is 23.2 Å². The molecule has 0 aliphatic rings. The van der Waals surface area contributed by atoms with Crippen LogP contribution in [0.15, 0.2) is 17.5 Å². The fourth-order valence-corrected chi connectivity index (χ4v) is 1.70. The second-order valence-corrected chi connectivity index (χ2v) is 3.63. The van der Waals surface area contributed by atoms with Crippen LogP contribution in [0, 0.1) is 0 Å². The summed E-state index contributed by atoms with van der Waals surface area (Å²) < 4.78 is 0. The van der Waals surface area contributed by atoms with Gasteiger partial charge in [-0.3, -0.25) is 4.79 Å². The molecule has 0 radical (unpaired) electrons. The average Bonchev–Trinajstić information content (AvgIpc) is 2.53. The molecule has 0 amide bonds. The summed E-state index contributed by atoms with van der Waals surface area (Å²) in [5.74, 6) is 0.104. The number of ketones is 1. The summed E-state index contributed by atoms with van der Waals surface area (Å²) in [4.78, 5) is 11.7. The minimum Gasteiger partial charge on any atom is -0.396 e. The SMILES string of the molecule is CC(=O)c1cc(C=CCCO)cs1. The predicted octanol–water partition coefficient (Wildman–Crippen LogP) is 2.35. The van der Waals surface area contributed by atoms with Crippen molar-refractivity contribution in [2.24, 2.45) is 0 Å². The van der Waals surface area contributed by atoms with E-state index in [2.05, 4.69) is 0 Å². The van der Waals surface area contributed by atoms with E-state index < -0.39 is 0 Å². The highest BCUT2D eigenvalue weighted by atomic mass is 32.1. The number of carbonyl (C=O) groups excluding carboxylic acids is 1. The summed E-state index contributed by atoms with van der Waals surface area (Å²) in [6, 6.07) is 1.86. The van der Waals surface area contributed by atoms with E-state index in [1.54, 1.807) is 6.92 Å². The normalized spacial score (nSPS) is 10.9. The fourth-order valence-electron chi connectivity index (χ4n) is 0.917. The highest BCUT2D eigenvalue weighted by Gasteiger charge is 2.00. The zero-order chi connectivity index (χ0) is 9.68. The molecule has 1 rings (SSSR count). The van der Waals surface area contributed by atoms with Crippen LogP contribution in [0.3, 0.4) is 0 Å². The van der Waals surface area contributed by atoms with Crippen molar-refractivity contribution in [1.29, 1.82) is 0 Å². The number of thiophene rings is 1. The lowest BCUT2D eigenvalue weighted by atomic mass is 10.2. The number of carbonyl (C=O) groups is 1. The fraction of sp³-hybridized carbons (Fsp3) is 0.300. The third-order valence-corrected chi connectivity index (χ3v) is 2.62. The Hall–Kier alpha value is -0.930. The first-order valence-corrected chi connectivity index (χ1v) is 4.99. The Morgan fingerprint density at radius 3 is 3.00 bits per heavy atom. The summed E-state index contributed by atoms with van der Waals surface area (Å²) in [6.45, 7) is 1.73. The number of rotatable bonds is 4. The lowest BCUT2D eigenvalue weighted by Gasteiger charge is -1.84. The van der Waals surface area contributed by atoms with Crippen molar-refractivity contribution in [3.05, 3.63) is 28.0 Å². The molecule has 0 aliphatic heterocycles. The second kappa shape index (κ2) is 4.94. The standard InChI is InChI=1S/C10H12O2S/c1-8(12)10-6-9(7-13-10)4-2-3-5-11/h2,4,6-7,11H,3,5H2,1H3. The van der Waals surface area contributed by atoms with Crippen molar-refractivity contribution < 1.29 is 9.90 Å². The van der Waals surface area contributed by atoms with Crippen molar-refractivity contribution in [3.63, 3.8) is 0 Å². The molecule has 0 saturated heterocycles. The van der Waals surface area contributed by atoms with Gasteiger partial charge < -0.3 is 5.11 Å². The minimum absolute atomic E-state index is 0.104. The second-order valence-electron chi connectivity index (χ2n) is 2.72. The number of hydrogen-bond donors (Lipinski definition) is 1. The van der Waals surface area contributed by atoms with Gasteiger partial charge in [-0.05, 0) is 30.4 Å². The molecule has 2 nitrogen and oxygen atoms in total. The molecular weight excluding hydrogens is 184 g/mol. The van der Waals surface area contributed by atoms with Crippen LogP contribution in [-0.4, -0.2) is 17.5 Å². The third-order valence-electron chi connectivity index (χ3n) is 1.57. The predicted molar refractivity (Wildman–Crippen MR) is 55.1 cm³/mol. The zero-order valence-corrected chi connectivity index (χ0v) is 8.30. The van der Waals surface area contributed by atoms with Gasteiger partial charge in [0.1, 0.15) is 0 Å². The van der Waals surface area contributed by atoms with E-state index >= 15 is 0 Å². The van der Waals surface area contributed by atoms with Crippen LogP contribution in [0.1, 0.15) is 28.6 Å². The molecule has 0 fully saturated rings. The summed E-state index contributed by atoms with van der Waals surface area (Å²) in [7, 11) is 0. The van der Waals surface area contributed by atoms with Crippen LogP contribution in [0.25, 0.3) is 6.08 Å². The van der Waals surface area contributed by atoms with E-state index in [4.69, 9.17) is 5.11 Å². The molecule has 3 heteroatoms. The van der Waals surface area contributed by atoms with Gasteiger partial charge in [0.15, 0.2) is 5.78 Å². The highest BCUT2D eigenvalue weighted by molar-refractivity contribution is 7.12. The first-order chi connectivity index (χ1) is 6.24. The van der Waals surface area contributed by atoms with Gasteiger partial charge in [0.25, 0.3) is 0 Å². The van der Waals surface area contributed by atoms with Gasteiger partial charge >= 0.3 is 0 Å². The molecular formula is C10H12O2S. The Bertz CT molecular complexity index is 312. The van der Waals surface area contributed by atoms with Crippen LogP contribution < -0.4 is 0 Å². The van der Waals surface area contributed by atoms with E-state index in [0.29, 0.717) is 6.42 Å². The molecule has 0 bridgehead atoms. The van der Waals surface area contributed by atoms with Gasteiger partial charge in [-0.25, -0.2) is 0 Å². The summed E-state index contributed by atoms with van der Waals surface area (Å²) in [5.41, 5.74) is 1.03. The van der Waals surface area contributed by atoms with E-state index in [-0.39, 0.29) is 12.4 Å². The van der Waals surface area contributed by atoms with Crippen molar-refractivity contribution in [3.8, 4) is 0 Å². The average molecular weight is 196 g/mol. The largest absolute Gasteiger partial charge is 0.396 e. The smallest absolute Gasteiger partial charge is 0.169 e. The maximum Gasteiger partial charge on any atom is 0.169 e. The lowest BCUT2D eigenvalue weighted by Crippen LogP contribution is -1.84. The molecule has 70 valence electrons. The molecule has 0 spiro atoms. The van der Waals surface area contributed by atoms with Gasteiger partial charge in [0, 0.05) is 6.61 Å². The molecule has 1 aromatic heterocycles. The molecule has 0 aliphatic carbocycles. The van der Waals surface area contributed by atoms with E-state index in [1.165, 1.54) is 11.3 Å². The Morgan fingerprint density at radius 2 is 2.46 bits per heavy atom. The topological polar surface area (TPSA) is 37.3 Å². The highest BCUT2D eigenvalue weighted by Crippen LogP contribution is 2.16. The third kappa shape index (κ3) is 3.13. The summed E-state index contributed by atoms with van der Waals surface area (Å²) in [5, 5.41) is 10.5. The molecule has 1 aromatic rings. The quantitative estimate of drug-likeness (QED) is 0.750. The van der Waals surface area contributed by atoms with E-state index in [0.717, 1.165) is 10.4 Å². The van der Waals surface area contributed by atoms with E-state index in [9.17, 15) is 4.79 Å². The minimum atomic E-state index is 0.104. The van der Waals surface area contributed by atoms with Gasteiger partial charge in [-0.15, -0.1) is 11.3 Å². The Morgan fingerprint density at radius 1 is 1.69 bits per heavy atom. The molecule has 0 aromatic carbocycles. The Kier molecular flexibility index (Phi) is 3.86. The van der Waals surface area contributed by atoms with Gasteiger partial charge in [-0.1, -0.05) is 12.2 Å². The molecule has 1 heterocycles. The number of hydrogen-bond acceptors (Lipinski definition) is 3. The van der Waals surface area contributed by atoms with Crippen LogP contribution in [0.2, 0.25) is 0 Å². The van der Waals surface area contributed by atoms with Crippen LogP contribution in [0.4, 0.5) is 0 Å². The first kappa shape index (κ1) is 10.2. The van der Waals surface area contributed by atoms with Crippen LogP contribution >= 0.6 is 11.3 Å². The number of aliphatic hydroxyl groups is 1. The molecule has 0 atom stereocenters.